The minimum Gasteiger partial charge on any atom is -0.335 e. The number of hydrogen-bond acceptors (Lipinski definition) is 5. The fraction of sp³-hybridized carbons (Fsp3) is 0.500. The summed E-state index contributed by atoms with van der Waals surface area (Å²) >= 11 is 3.31. The van der Waals surface area contributed by atoms with Gasteiger partial charge in [0.2, 0.25) is 0 Å². The standard InChI is InChI=1S/C16H19N3OS2/c20-16(14-2-1-9-21-14)19-7-5-18(6-8-19)10-15-17-13(11-22-15)12-3-4-12/h1-2,9,11-12H,3-8,10H2. The molecule has 0 aromatic carbocycles. The van der Waals surface area contributed by atoms with E-state index in [4.69, 9.17) is 4.98 Å². The van der Waals surface area contributed by atoms with Crippen molar-refractivity contribution in [1.29, 1.82) is 0 Å². The fourth-order valence-electron chi connectivity index (χ4n) is 2.82. The number of carbonyl (C=O) groups is 1. The van der Waals surface area contributed by atoms with Crippen LogP contribution in [-0.2, 0) is 6.54 Å². The van der Waals surface area contributed by atoms with Gasteiger partial charge in [-0.1, -0.05) is 6.07 Å². The van der Waals surface area contributed by atoms with Crippen molar-refractivity contribution in [3.05, 3.63) is 38.5 Å². The summed E-state index contributed by atoms with van der Waals surface area (Å²) in [7, 11) is 0. The highest BCUT2D eigenvalue weighted by molar-refractivity contribution is 7.12. The molecule has 1 saturated heterocycles. The minimum absolute atomic E-state index is 0.180. The van der Waals surface area contributed by atoms with E-state index in [-0.39, 0.29) is 5.91 Å². The van der Waals surface area contributed by atoms with Gasteiger partial charge in [-0.25, -0.2) is 4.98 Å². The van der Waals surface area contributed by atoms with Gasteiger partial charge in [0.25, 0.3) is 5.91 Å². The van der Waals surface area contributed by atoms with E-state index in [0.29, 0.717) is 0 Å². The molecule has 0 unspecified atom stereocenters. The van der Waals surface area contributed by atoms with Gasteiger partial charge in [-0.15, -0.1) is 22.7 Å². The van der Waals surface area contributed by atoms with Gasteiger partial charge in [0.1, 0.15) is 5.01 Å². The molecule has 0 bridgehead atoms. The molecule has 3 heterocycles. The molecule has 6 heteroatoms. The van der Waals surface area contributed by atoms with Crippen LogP contribution < -0.4 is 0 Å². The molecule has 22 heavy (non-hydrogen) atoms. The number of aromatic nitrogens is 1. The smallest absolute Gasteiger partial charge is 0.264 e. The molecular weight excluding hydrogens is 314 g/mol. The van der Waals surface area contributed by atoms with Gasteiger partial charge in [0.15, 0.2) is 0 Å². The maximum absolute atomic E-state index is 12.3. The summed E-state index contributed by atoms with van der Waals surface area (Å²) in [5, 5.41) is 5.41. The Hall–Kier alpha value is -1.24. The number of amides is 1. The molecule has 2 aliphatic rings. The van der Waals surface area contributed by atoms with Gasteiger partial charge in [0.05, 0.1) is 17.1 Å². The summed E-state index contributed by atoms with van der Waals surface area (Å²) < 4.78 is 0. The molecule has 116 valence electrons. The van der Waals surface area contributed by atoms with Crippen LogP contribution in [0.3, 0.4) is 0 Å². The van der Waals surface area contributed by atoms with Crippen LogP contribution in [0.4, 0.5) is 0 Å². The highest BCUT2D eigenvalue weighted by Gasteiger charge is 2.27. The predicted molar refractivity (Wildman–Crippen MR) is 89.6 cm³/mol. The third-order valence-electron chi connectivity index (χ3n) is 4.32. The van der Waals surface area contributed by atoms with Crippen molar-refractivity contribution in [1.82, 2.24) is 14.8 Å². The lowest BCUT2D eigenvalue weighted by molar-refractivity contribution is 0.0633. The molecule has 0 atom stereocenters. The van der Waals surface area contributed by atoms with Crippen molar-refractivity contribution in [2.24, 2.45) is 0 Å². The third-order valence-corrected chi connectivity index (χ3v) is 6.03. The molecule has 2 aromatic rings. The average Bonchev–Trinajstić information content (AvgIpc) is 3.06. The van der Waals surface area contributed by atoms with Crippen LogP contribution in [0.1, 0.15) is 39.1 Å². The number of rotatable bonds is 4. The van der Waals surface area contributed by atoms with E-state index in [9.17, 15) is 4.79 Å². The Morgan fingerprint density at radius 2 is 2.05 bits per heavy atom. The normalized spacial score (nSPS) is 19.5. The third kappa shape index (κ3) is 3.09. The largest absolute Gasteiger partial charge is 0.335 e. The summed E-state index contributed by atoms with van der Waals surface area (Å²) in [6, 6.07) is 3.85. The van der Waals surface area contributed by atoms with Gasteiger partial charge in [0, 0.05) is 37.5 Å². The molecule has 1 aliphatic carbocycles. The number of thiophene rings is 1. The first-order chi connectivity index (χ1) is 10.8. The molecule has 0 N–H and O–H groups in total. The first-order valence-corrected chi connectivity index (χ1v) is 9.55. The van der Waals surface area contributed by atoms with E-state index in [2.05, 4.69) is 10.3 Å². The van der Waals surface area contributed by atoms with E-state index in [0.717, 1.165) is 43.5 Å². The lowest BCUT2D eigenvalue weighted by Gasteiger charge is -2.34. The zero-order valence-electron chi connectivity index (χ0n) is 12.4. The molecule has 1 aliphatic heterocycles. The van der Waals surface area contributed by atoms with E-state index < -0.39 is 0 Å². The van der Waals surface area contributed by atoms with Crippen molar-refractivity contribution >= 4 is 28.6 Å². The number of piperazine rings is 1. The average molecular weight is 333 g/mol. The maximum atomic E-state index is 12.3. The SMILES string of the molecule is O=C(c1cccs1)N1CCN(Cc2nc(C3CC3)cs2)CC1. The second kappa shape index (κ2) is 6.10. The monoisotopic (exact) mass is 333 g/mol. The van der Waals surface area contributed by atoms with Gasteiger partial charge >= 0.3 is 0 Å². The predicted octanol–water partition coefficient (Wildman–Crippen LogP) is 3.04. The van der Waals surface area contributed by atoms with E-state index >= 15 is 0 Å². The summed E-state index contributed by atoms with van der Waals surface area (Å²) in [4.78, 5) is 22.3. The van der Waals surface area contributed by atoms with Crippen molar-refractivity contribution in [3.8, 4) is 0 Å². The molecule has 1 saturated carbocycles. The van der Waals surface area contributed by atoms with Gasteiger partial charge < -0.3 is 4.90 Å². The Balaban J connectivity index is 1.30. The Labute approximate surface area is 138 Å². The fourth-order valence-corrected chi connectivity index (χ4v) is 4.43. The van der Waals surface area contributed by atoms with Crippen molar-refractivity contribution < 1.29 is 4.79 Å². The second-order valence-corrected chi connectivity index (χ2v) is 7.88. The topological polar surface area (TPSA) is 36.4 Å². The Morgan fingerprint density at radius 3 is 2.73 bits per heavy atom. The molecule has 4 nitrogen and oxygen atoms in total. The summed E-state index contributed by atoms with van der Waals surface area (Å²) in [5.41, 5.74) is 1.30. The summed E-state index contributed by atoms with van der Waals surface area (Å²) in [6.07, 6.45) is 2.62. The number of carbonyl (C=O) groups excluding carboxylic acids is 1. The second-order valence-electron chi connectivity index (χ2n) is 5.99. The zero-order valence-corrected chi connectivity index (χ0v) is 14.0. The molecule has 1 amide bonds. The number of nitrogens with zero attached hydrogens (tertiary/aromatic N) is 3. The minimum atomic E-state index is 0.180. The number of thiazole rings is 1. The first kappa shape index (κ1) is 14.4. The maximum Gasteiger partial charge on any atom is 0.264 e. The van der Waals surface area contributed by atoms with E-state index in [1.165, 1.54) is 34.9 Å². The zero-order chi connectivity index (χ0) is 14.9. The van der Waals surface area contributed by atoms with Crippen molar-refractivity contribution in [2.45, 2.75) is 25.3 Å². The van der Waals surface area contributed by atoms with Gasteiger partial charge in [-0.3, -0.25) is 9.69 Å². The molecular formula is C16H19N3OS2. The van der Waals surface area contributed by atoms with E-state index in [1.807, 2.05) is 22.4 Å². The Kier molecular flexibility index (Phi) is 3.98. The van der Waals surface area contributed by atoms with Crippen molar-refractivity contribution in [2.75, 3.05) is 26.2 Å². The lowest BCUT2D eigenvalue weighted by atomic mass is 10.3. The van der Waals surface area contributed by atoms with Crippen LogP contribution in [0.2, 0.25) is 0 Å². The van der Waals surface area contributed by atoms with Crippen LogP contribution in [0.25, 0.3) is 0 Å². The summed E-state index contributed by atoms with van der Waals surface area (Å²) in [6.45, 7) is 4.44. The quantitative estimate of drug-likeness (QED) is 0.863. The molecule has 0 spiro atoms. The summed E-state index contributed by atoms with van der Waals surface area (Å²) in [5.74, 6) is 0.921. The number of hydrogen-bond donors (Lipinski definition) is 0. The molecule has 4 rings (SSSR count). The van der Waals surface area contributed by atoms with Gasteiger partial charge in [-0.05, 0) is 24.3 Å². The molecule has 2 aromatic heterocycles. The van der Waals surface area contributed by atoms with Crippen LogP contribution in [-0.4, -0.2) is 46.9 Å². The van der Waals surface area contributed by atoms with Gasteiger partial charge in [-0.2, -0.15) is 0 Å². The molecule has 0 radical (unpaired) electrons. The van der Waals surface area contributed by atoms with Crippen molar-refractivity contribution in [3.63, 3.8) is 0 Å². The Bertz CT molecular complexity index is 640. The lowest BCUT2D eigenvalue weighted by Crippen LogP contribution is -2.48. The first-order valence-electron chi connectivity index (χ1n) is 7.79. The van der Waals surface area contributed by atoms with Crippen LogP contribution in [0.15, 0.2) is 22.9 Å². The van der Waals surface area contributed by atoms with E-state index in [1.54, 1.807) is 11.3 Å². The Morgan fingerprint density at radius 1 is 1.23 bits per heavy atom. The van der Waals surface area contributed by atoms with Crippen LogP contribution in [0.5, 0.6) is 0 Å². The molecule has 2 fully saturated rings. The van der Waals surface area contributed by atoms with Crippen LogP contribution >= 0.6 is 22.7 Å². The highest BCUT2D eigenvalue weighted by Crippen LogP contribution is 2.40. The van der Waals surface area contributed by atoms with Crippen LogP contribution in [0, 0.1) is 0 Å². The highest BCUT2D eigenvalue weighted by atomic mass is 32.1.